The predicted octanol–water partition coefficient (Wildman–Crippen LogP) is -0.996. The third-order valence-electron chi connectivity index (χ3n) is 1.84. The Hall–Kier alpha value is -0.280. The number of aliphatic imine (C=N–C) groups is 1. The zero-order chi connectivity index (χ0) is 7.94. The van der Waals surface area contributed by atoms with E-state index in [9.17, 15) is 0 Å². The SMILES string of the molecule is S=C=NCC[NH+]1CCOCC1. The van der Waals surface area contributed by atoms with Crippen molar-refractivity contribution in [3.8, 4) is 0 Å². The number of hydrogen-bond donors (Lipinski definition) is 1. The van der Waals surface area contributed by atoms with Gasteiger partial charge in [-0.05, 0) is 12.2 Å². The molecule has 1 saturated heterocycles. The van der Waals surface area contributed by atoms with Gasteiger partial charge in [-0.15, -0.1) is 0 Å². The average Bonchev–Trinajstić information content (AvgIpc) is 2.07. The molecule has 1 N–H and O–H groups in total. The first kappa shape index (κ1) is 8.81. The Kier molecular flexibility index (Phi) is 4.31. The lowest BCUT2D eigenvalue weighted by Gasteiger charge is -2.22. The molecule has 1 aliphatic heterocycles. The van der Waals surface area contributed by atoms with Crippen molar-refractivity contribution in [2.45, 2.75) is 0 Å². The van der Waals surface area contributed by atoms with Gasteiger partial charge in [0.25, 0.3) is 0 Å². The molecule has 0 spiro atoms. The summed E-state index contributed by atoms with van der Waals surface area (Å²) in [5, 5.41) is 2.37. The number of nitrogens with zero attached hydrogens (tertiary/aromatic N) is 1. The molecule has 0 aromatic heterocycles. The van der Waals surface area contributed by atoms with Gasteiger partial charge in [0.1, 0.15) is 13.1 Å². The Bertz CT molecular complexity index is 151. The molecule has 62 valence electrons. The zero-order valence-electron chi connectivity index (χ0n) is 6.51. The van der Waals surface area contributed by atoms with Crippen molar-refractivity contribution in [3.63, 3.8) is 0 Å². The van der Waals surface area contributed by atoms with E-state index in [1.54, 1.807) is 4.90 Å². The Balaban J connectivity index is 2.09. The first-order valence-corrected chi connectivity index (χ1v) is 4.29. The number of ether oxygens (including phenoxy) is 1. The van der Waals surface area contributed by atoms with Crippen molar-refractivity contribution in [2.24, 2.45) is 4.99 Å². The van der Waals surface area contributed by atoms with Gasteiger partial charge in [0.05, 0.1) is 31.5 Å². The lowest BCUT2D eigenvalue weighted by atomic mass is 10.4. The molecule has 0 aromatic carbocycles. The van der Waals surface area contributed by atoms with Crippen LogP contribution in [-0.4, -0.2) is 44.6 Å². The molecule has 0 atom stereocenters. The third-order valence-corrected chi connectivity index (χ3v) is 1.97. The van der Waals surface area contributed by atoms with E-state index >= 15 is 0 Å². The van der Waals surface area contributed by atoms with Gasteiger partial charge in [-0.1, -0.05) is 0 Å². The Morgan fingerprint density at radius 2 is 2.18 bits per heavy atom. The minimum absolute atomic E-state index is 0.804. The summed E-state index contributed by atoms with van der Waals surface area (Å²) in [5.74, 6) is 0. The van der Waals surface area contributed by atoms with Gasteiger partial charge < -0.3 is 9.64 Å². The molecule has 0 bridgehead atoms. The summed E-state index contributed by atoms with van der Waals surface area (Å²) in [6.07, 6.45) is 0. The van der Waals surface area contributed by atoms with Crippen LogP contribution < -0.4 is 4.90 Å². The van der Waals surface area contributed by atoms with Crippen molar-refractivity contribution in [1.82, 2.24) is 0 Å². The van der Waals surface area contributed by atoms with Crippen molar-refractivity contribution < 1.29 is 9.64 Å². The number of thiocarbonyl (C=S) groups is 1. The second-order valence-corrected chi connectivity index (χ2v) is 2.77. The molecule has 0 amide bonds. The third kappa shape index (κ3) is 3.58. The maximum Gasteiger partial charge on any atom is 0.101 e. The summed E-state index contributed by atoms with van der Waals surface area (Å²) in [7, 11) is 0. The molecule has 4 heteroatoms. The van der Waals surface area contributed by atoms with E-state index in [1.165, 1.54) is 0 Å². The Morgan fingerprint density at radius 3 is 2.82 bits per heavy atom. The number of morpholine rings is 1. The van der Waals surface area contributed by atoms with E-state index in [0.717, 1.165) is 39.4 Å². The van der Waals surface area contributed by atoms with Crippen LogP contribution in [0.5, 0.6) is 0 Å². The van der Waals surface area contributed by atoms with E-state index in [2.05, 4.69) is 22.4 Å². The maximum absolute atomic E-state index is 5.22. The minimum atomic E-state index is 0.804. The van der Waals surface area contributed by atoms with Crippen molar-refractivity contribution in [3.05, 3.63) is 0 Å². The molecule has 0 unspecified atom stereocenters. The molecule has 1 aliphatic rings. The molecule has 11 heavy (non-hydrogen) atoms. The normalized spacial score (nSPS) is 19.3. The fourth-order valence-corrected chi connectivity index (χ4v) is 1.26. The predicted molar refractivity (Wildman–Crippen MR) is 46.3 cm³/mol. The highest BCUT2D eigenvalue weighted by Gasteiger charge is 2.11. The standard InChI is InChI=1S/C7H12N2OS/c11-7-8-1-2-9-3-5-10-6-4-9/h1-6H2/p+1. The monoisotopic (exact) mass is 173 g/mol. The lowest BCUT2D eigenvalue weighted by molar-refractivity contribution is -0.906. The Labute approximate surface area is 72.1 Å². The highest BCUT2D eigenvalue weighted by atomic mass is 32.1. The fourth-order valence-electron chi connectivity index (χ4n) is 1.17. The van der Waals surface area contributed by atoms with Gasteiger partial charge >= 0.3 is 0 Å². The quantitative estimate of drug-likeness (QED) is 0.438. The molecule has 0 saturated carbocycles. The maximum atomic E-state index is 5.22. The Morgan fingerprint density at radius 1 is 1.45 bits per heavy atom. The number of hydrogen-bond acceptors (Lipinski definition) is 3. The topological polar surface area (TPSA) is 26.0 Å². The van der Waals surface area contributed by atoms with Crippen LogP contribution in [0.2, 0.25) is 0 Å². The second-order valence-electron chi connectivity index (χ2n) is 2.59. The minimum Gasteiger partial charge on any atom is -0.370 e. The molecule has 1 rings (SSSR count). The smallest absolute Gasteiger partial charge is 0.101 e. The summed E-state index contributed by atoms with van der Waals surface area (Å²) in [6, 6.07) is 0. The number of nitrogens with one attached hydrogen (secondary N) is 1. The van der Waals surface area contributed by atoms with Crippen molar-refractivity contribution in [1.29, 1.82) is 0 Å². The van der Waals surface area contributed by atoms with Gasteiger partial charge in [-0.3, -0.25) is 0 Å². The van der Waals surface area contributed by atoms with Crippen LogP contribution in [0, 0.1) is 0 Å². The number of isothiocyanates is 1. The van der Waals surface area contributed by atoms with E-state index in [4.69, 9.17) is 4.74 Å². The molecule has 1 fully saturated rings. The van der Waals surface area contributed by atoms with Gasteiger partial charge in [0.15, 0.2) is 0 Å². The summed E-state index contributed by atoms with van der Waals surface area (Å²) >= 11 is 4.47. The van der Waals surface area contributed by atoms with Crippen LogP contribution in [0.3, 0.4) is 0 Å². The van der Waals surface area contributed by atoms with Crippen LogP contribution in [0.25, 0.3) is 0 Å². The van der Waals surface area contributed by atoms with E-state index < -0.39 is 0 Å². The lowest BCUT2D eigenvalue weighted by Crippen LogP contribution is -3.14. The first-order chi connectivity index (χ1) is 5.43. The average molecular weight is 173 g/mol. The van der Waals surface area contributed by atoms with Gasteiger partial charge in [0.2, 0.25) is 0 Å². The highest BCUT2D eigenvalue weighted by Crippen LogP contribution is 1.74. The van der Waals surface area contributed by atoms with Gasteiger partial charge in [-0.2, -0.15) is 0 Å². The van der Waals surface area contributed by atoms with Crippen molar-refractivity contribution in [2.75, 3.05) is 39.4 Å². The number of rotatable bonds is 3. The highest BCUT2D eigenvalue weighted by molar-refractivity contribution is 7.78. The largest absolute Gasteiger partial charge is 0.370 e. The van der Waals surface area contributed by atoms with Gasteiger partial charge in [-0.25, -0.2) is 4.99 Å². The molecular weight excluding hydrogens is 160 g/mol. The number of quaternary nitrogens is 1. The van der Waals surface area contributed by atoms with E-state index in [1.807, 2.05) is 0 Å². The van der Waals surface area contributed by atoms with Crippen LogP contribution in [0.4, 0.5) is 0 Å². The van der Waals surface area contributed by atoms with Crippen LogP contribution >= 0.6 is 12.2 Å². The van der Waals surface area contributed by atoms with Gasteiger partial charge in [0, 0.05) is 0 Å². The first-order valence-electron chi connectivity index (χ1n) is 3.88. The van der Waals surface area contributed by atoms with E-state index in [0.29, 0.717) is 0 Å². The summed E-state index contributed by atoms with van der Waals surface area (Å²) in [4.78, 5) is 5.43. The zero-order valence-corrected chi connectivity index (χ0v) is 7.32. The van der Waals surface area contributed by atoms with Crippen LogP contribution in [0.15, 0.2) is 4.99 Å². The molecular formula is C7H13N2OS+. The molecule has 0 aromatic rings. The summed E-state index contributed by atoms with van der Waals surface area (Å²) < 4.78 is 5.22. The molecule has 3 nitrogen and oxygen atoms in total. The fraction of sp³-hybridized carbons (Fsp3) is 0.857. The summed E-state index contributed by atoms with van der Waals surface area (Å²) in [5.41, 5.74) is 0. The van der Waals surface area contributed by atoms with Crippen LogP contribution in [0.1, 0.15) is 0 Å². The van der Waals surface area contributed by atoms with E-state index in [-0.39, 0.29) is 0 Å². The summed E-state index contributed by atoms with van der Waals surface area (Å²) in [6.45, 7) is 5.85. The van der Waals surface area contributed by atoms with Crippen LogP contribution in [-0.2, 0) is 4.74 Å². The van der Waals surface area contributed by atoms with Crippen molar-refractivity contribution >= 4 is 17.4 Å². The molecule has 0 radical (unpaired) electrons. The molecule has 1 heterocycles. The molecule has 0 aliphatic carbocycles. The second kappa shape index (κ2) is 5.38.